The van der Waals surface area contributed by atoms with Gasteiger partial charge >= 0.3 is 0 Å². The molecule has 0 aliphatic rings. The van der Waals surface area contributed by atoms with Gasteiger partial charge in [-0.25, -0.2) is 0 Å². The lowest BCUT2D eigenvalue weighted by atomic mass is 10.1. The molecule has 0 aliphatic heterocycles. The molecule has 0 aliphatic carbocycles. The molecule has 0 amide bonds. The number of benzene rings is 2. The molecule has 102 valence electrons. The van der Waals surface area contributed by atoms with Crippen LogP contribution in [0, 0.1) is 0 Å². The zero-order valence-corrected chi connectivity index (χ0v) is 12.8. The summed E-state index contributed by atoms with van der Waals surface area (Å²) in [6, 6.07) is 15.1. The number of fused-ring (bicyclic) bond motifs is 1. The third-order valence-corrected chi connectivity index (χ3v) is 3.84. The first kappa shape index (κ1) is 13.2. The highest BCUT2D eigenvalue weighted by Crippen LogP contribution is 2.18. The van der Waals surface area contributed by atoms with Gasteiger partial charge in [0.1, 0.15) is 0 Å². The van der Waals surface area contributed by atoms with Gasteiger partial charge in [-0.2, -0.15) is 5.10 Å². The molecule has 2 aromatic carbocycles. The second-order valence-corrected chi connectivity index (χ2v) is 5.96. The topological polar surface area (TPSA) is 40.7 Å². The van der Waals surface area contributed by atoms with E-state index >= 15 is 0 Å². The minimum atomic E-state index is 0.375. The van der Waals surface area contributed by atoms with Crippen molar-refractivity contribution in [1.82, 2.24) is 10.2 Å². The summed E-state index contributed by atoms with van der Waals surface area (Å²) in [5.74, 6) is 0. The molecule has 3 aromatic rings. The summed E-state index contributed by atoms with van der Waals surface area (Å²) in [5.41, 5.74) is 3.53. The average Bonchev–Trinajstić information content (AvgIpc) is 2.89. The van der Waals surface area contributed by atoms with Crippen molar-refractivity contribution in [2.75, 3.05) is 5.32 Å². The molecule has 3 rings (SSSR count). The van der Waals surface area contributed by atoms with E-state index in [0.29, 0.717) is 6.04 Å². The molecule has 0 bridgehead atoms. The van der Waals surface area contributed by atoms with E-state index in [1.807, 2.05) is 6.20 Å². The van der Waals surface area contributed by atoms with E-state index in [1.165, 1.54) is 5.56 Å². The lowest BCUT2D eigenvalue weighted by Gasteiger charge is -2.15. The van der Waals surface area contributed by atoms with E-state index in [-0.39, 0.29) is 0 Å². The molecule has 1 unspecified atom stereocenters. The van der Waals surface area contributed by atoms with Crippen LogP contribution >= 0.6 is 15.9 Å². The number of aromatic nitrogens is 2. The van der Waals surface area contributed by atoms with E-state index in [9.17, 15) is 0 Å². The average molecular weight is 330 g/mol. The van der Waals surface area contributed by atoms with Crippen LogP contribution in [0.3, 0.4) is 0 Å². The standard InChI is InChI=1S/C16H16BrN3/c1-11(8-12-2-4-14(17)5-3-12)19-15-6-7-16-13(9-15)10-18-20-16/h2-7,9-11,19H,8H2,1H3,(H,18,20). The number of aromatic amines is 1. The van der Waals surface area contributed by atoms with Crippen LogP contribution in [0.15, 0.2) is 53.1 Å². The largest absolute Gasteiger partial charge is 0.382 e. The zero-order valence-electron chi connectivity index (χ0n) is 11.2. The Bertz CT molecular complexity index is 703. The van der Waals surface area contributed by atoms with Crippen LogP contribution in [-0.2, 0) is 6.42 Å². The number of hydrogen-bond donors (Lipinski definition) is 2. The van der Waals surface area contributed by atoms with E-state index in [2.05, 4.69) is 80.8 Å². The molecule has 0 radical (unpaired) electrons. The second kappa shape index (κ2) is 5.67. The molecule has 1 atom stereocenters. The maximum Gasteiger partial charge on any atom is 0.0651 e. The fraction of sp³-hybridized carbons (Fsp3) is 0.188. The molecule has 3 nitrogen and oxygen atoms in total. The molecule has 4 heteroatoms. The smallest absolute Gasteiger partial charge is 0.0651 e. The molecule has 1 heterocycles. The summed E-state index contributed by atoms with van der Waals surface area (Å²) in [7, 11) is 0. The van der Waals surface area contributed by atoms with Gasteiger partial charge in [0.2, 0.25) is 0 Å². The van der Waals surface area contributed by atoms with Crippen molar-refractivity contribution in [3.05, 3.63) is 58.7 Å². The zero-order chi connectivity index (χ0) is 13.9. The first-order valence-corrected chi connectivity index (χ1v) is 7.44. The minimum Gasteiger partial charge on any atom is -0.382 e. The highest BCUT2D eigenvalue weighted by molar-refractivity contribution is 9.10. The van der Waals surface area contributed by atoms with Crippen molar-refractivity contribution in [3.63, 3.8) is 0 Å². The maximum atomic E-state index is 4.04. The molecule has 0 fully saturated rings. The normalized spacial score (nSPS) is 12.5. The fourth-order valence-electron chi connectivity index (χ4n) is 2.34. The summed E-state index contributed by atoms with van der Waals surface area (Å²) in [5, 5.41) is 11.7. The molecule has 1 aromatic heterocycles. The molecule has 0 saturated carbocycles. The van der Waals surface area contributed by atoms with E-state index in [4.69, 9.17) is 0 Å². The Kier molecular flexibility index (Phi) is 3.74. The van der Waals surface area contributed by atoms with Crippen LogP contribution in [0.25, 0.3) is 10.9 Å². The quantitative estimate of drug-likeness (QED) is 0.746. The Labute approximate surface area is 126 Å². The Balaban J connectivity index is 1.68. The molecular formula is C16H16BrN3. The van der Waals surface area contributed by atoms with Gasteiger partial charge in [0, 0.05) is 21.6 Å². The van der Waals surface area contributed by atoms with Crippen molar-refractivity contribution >= 4 is 32.5 Å². The van der Waals surface area contributed by atoms with E-state index < -0.39 is 0 Å². The summed E-state index contributed by atoms with van der Waals surface area (Å²) in [6.45, 7) is 2.20. The van der Waals surface area contributed by atoms with Crippen LogP contribution < -0.4 is 5.32 Å². The highest BCUT2D eigenvalue weighted by Gasteiger charge is 2.05. The summed E-state index contributed by atoms with van der Waals surface area (Å²) < 4.78 is 1.12. The molecule has 0 saturated heterocycles. The molecule has 0 spiro atoms. The number of halogens is 1. The van der Waals surface area contributed by atoms with Crippen LogP contribution in [0.4, 0.5) is 5.69 Å². The maximum absolute atomic E-state index is 4.04. The number of H-pyrrole nitrogens is 1. The highest BCUT2D eigenvalue weighted by atomic mass is 79.9. The Hall–Kier alpha value is -1.81. The van der Waals surface area contributed by atoms with Gasteiger partial charge in [-0.15, -0.1) is 0 Å². The van der Waals surface area contributed by atoms with Gasteiger partial charge < -0.3 is 5.32 Å². The van der Waals surface area contributed by atoms with Crippen molar-refractivity contribution in [3.8, 4) is 0 Å². The SMILES string of the molecule is CC(Cc1ccc(Br)cc1)Nc1ccc2[nH]ncc2c1. The first-order chi connectivity index (χ1) is 9.70. The number of rotatable bonds is 4. The van der Waals surface area contributed by atoms with Crippen molar-refractivity contribution in [2.24, 2.45) is 0 Å². The lowest BCUT2D eigenvalue weighted by molar-refractivity contribution is 0.790. The number of nitrogens with one attached hydrogen (secondary N) is 2. The second-order valence-electron chi connectivity index (χ2n) is 5.05. The number of hydrogen-bond acceptors (Lipinski definition) is 2. The fourth-order valence-corrected chi connectivity index (χ4v) is 2.61. The van der Waals surface area contributed by atoms with Crippen molar-refractivity contribution in [1.29, 1.82) is 0 Å². The van der Waals surface area contributed by atoms with Gasteiger partial charge in [0.15, 0.2) is 0 Å². The Morgan fingerprint density at radius 3 is 2.80 bits per heavy atom. The van der Waals surface area contributed by atoms with Crippen LogP contribution in [0.2, 0.25) is 0 Å². The first-order valence-electron chi connectivity index (χ1n) is 6.65. The molecule has 2 N–H and O–H groups in total. The van der Waals surface area contributed by atoms with Gasteiger partial charge in [0.05, 0.1) is 11.7 Å². The van der Waals surface area contributed by atoms with Crippen molar-refractivity contribution in [2.45, 2.75) is 19.4 Å². The number of anilines is 1. The lowest BCUT2D eigenvalue weighted by Crippen LogP contribution is -2.17. The summed E-state index contributed by atoms with van der Waals surface area (Å²) >= 11 is 3.46. The molecule has 20 heavy (non-hydrogen) atoms. The third-order valence-electron chi connectivity index (χ3n) is 3.31. The van der Waals surface area contributed by atoms with Crippen molar-refractivity contribution < 1.29 is 0 Å². The summed E-state index contributed by atoms with van der Waals surface area (Å²) in [6.07, 6.45) is 2.84. The summed E-state index contributed by atoms with van der Waals surface area (Å²) in [4.78, 5) is 0. The predicted molar refractivity (Wildman–Crippen MR) is 87.0 cm³/mol. The predicted octanol–water partition coefficient (Wildman–Crippen LogP) is 4.37. The number of nitrogens with zero attached hydrogens (tertiary/aromatic N) is 1. The van der Waals surface area contributed by atoms with Gasteiger partial charge in [-0.05, 0) is 49.2 Å². The van der Waals surface area contributed by atoms with E-state index in [0.717, 1.165) is 27.5 Å². The minimum absolute atomic E-state index is 0.375. The Morgan fingerprint density at radius 2 is 2.00 bits per heavy atom. The third kappa shape index (κ3) is 3.02. The monoisotopic (exact) mass is 329 g/mol. The van der Waals surface area contributed by atoms with Crippen LogP contribution in [-0.4, -0.2) is 16.2 Å². The van der Waals surface area contributed by atoms with Crippen LogP contribution in [0.1, 0.15) is 12.5 Å². The van der Waals surface area contributed by atoms with E-state index in [1.54, 1.807) is 0 Å². The van der Waals surface area contributed by atoms with Gasteiger partial charge in [-0.3, -0.25) is 5.10 Å². The van der Waals surface area contributed by atoms with Gasteiger partial charge in [-0.1, -0.05) is 28.1 Å². The Morgan fingerprint density at radius 1 is 1.20 bits per heavy atom. The van der Waals surface area contributed by atoms with Gasteiger partial charge in [0.25, 0.3) is 0 Å². The van der Waals surface area contributed by atoms with Crippen LogP contribution in [0.5, 0.6) is 0 Å². The molecular weight excluding hydrogens is 314 g/mol.